The van der Waals surface area contributed by atoms with E-state index >= 15 is 0 Å². The van der Waals surface area contributed by atoms with Crippen molar-refractivity contribution in [1.29, 1.82) is 0 Å². The van der Waals surface area contributed by atoms with Crippen LogP contribution in [0.3, 0.4) is 0 Å². The zero-order valence-corrected chi connectivity index (χ0v) is 22.2. The van der Waals surface area contributed by atoms with E-state index in [-0.39, 0.29) is 12.5 Å². The molecule has 0 radical (unpaired) electrons. The summed E-state index contributed by atoms with van der Waals surface area (Å²) in [6.45, 7) is 7.60. The molecule has 0 heterocycles. The summed E-state index contributed by atoms with van der Waals surface area (Å²) in [7, 11) is -3.75. The van der Waals surface area contributed by atoms with Gasteiger partial charge in [0.25, 0.3) is 0 Å². The van der Waals surface area contributed by atoms with Crippen LogP contribution in [0.25, 0.3) is 0 Å². The predicted molar refractivity (Wildman–Crippen MR) is 136 cm³/mol. The van der Waals surface area contributed by atoms with Gasteiger partial charge in [-0.25, -0.2) is 8.42 Å². The van der Waals surface area contributed by atoms with Crippen molar-refractivity contribution in [1.82, 2.24) is 10.2 Å². The minimum atomic E-state index is -3.75. The van der Waals surface area contributed by atoms with Crippen LogP contribution < -0.4 is 9.62 Å². The van der Waals surface area contributed by atoms with Crippen LogP contribution in [0.1, 0.15) is 37.0 Å². The molecule has 2 aromatic carbocycles. The number of hydrogen-bond donors (Lipinski definition) is 1. The zero-order valence-electron chi connectivity index (χ0n) is 19.8. The van der Waals surface area contributed by atoms with Crippen molar-refractivity contribution in [3.63, 3.8) is 0 Å². The molecule has 0 saturated heterocycles. The van der Waals surface area contributed by atoms with Crippen molar-refractivity contribution < 1.29 is 18.0 Å². The second-order valence-corrected chi connectivity index (χ2v) is 10.9. The minimum absolute atomic E-state index is 0.178. The quantitative estimate of drug-likeness (QED) is 0.499. The second kappa shape index (κ2) is 11.7. The highest BCUT2D eigenvalue weighted by Gasteiger charge is 2.30. The smallest absolute Gasteiger partial charge is 0.244 e. The van der Waals surface area contributed by atoms with E-state index in [9.17, 15) is 18.0 Å². The summed E-state index contributed by atoms with van der Waals surface area (Å²) >= 11 is 3.40. The molecule has 0 saturated carbocycles. The number of carbonyl (C=O) groups excluding carboxylic acids is 2. The highest BCUT2D eigenvalue weighted by Crippen LogP contribution is 2.25. The van der Waals surface area contributed by atoms with Gasteiger partial charge >= 0.3 is 0 Å². The molecule has 2 rings (SSSR count). The Morgan fingerprint density at radius 1 is 1.09 bits per heavy atom. The molecule has 0 bridgehead atoms. The van der Waals surface area contributed by atoms with Gasteiger partial charge in [-0.1, -0.05) is 47.1 Å². The van der Waals surface area contributed by atoms with E-state index in [1.54, 1.807) is 19.1 Å². The fraction of sp³-hybridized carbons (Fsp3) is 0.417. The Balaban J connectivity index is 2.40. The topological polar surface area (TPSA) is 86.8 Å². The number of carbonyl (C=O) groups is 2. The van der Waals surface area contributed by atoms with E-state index in [1.165, 1.54) is 4.90 Å². The van der Waals surface area contributed by atoms with Crippen LogP contribution in [0.15, 0.2) is 46.9 Å². The largest absolute Gasteiger partial charge is 0.354 e. The van der Waals surface area contributed by atoms with Crippen LogP contribution >= 0.6 is 15.9 Å². The molecule has 0 aliphatic heterocycles. The number of nitrogens with zero attached hydrogens (tertiary/aromatic N) is 2. The van der Waals surface area contributed by atoms with Crippen LogP contribution in [0.2, 0.25) is 0 Å². The van der Waals surface area contributed by atoms with Gasteiger partial charge in [0.2, 0.25) is 21.8 Å². The van der Waals surface area contributed by atoms with Gasteiger partial charge in [0, 0.05) is 17.6 Å². The maximum atomic E-state index is 13.5. The molecule has 0 aliphatic rings. The number of nitrogens with one attached hydrogen (secondary N) is 1. The number of rotatable bonds is 10. The maximum absolute atomic E-state index is 13.5. The number of aryl methyl sites for hydroxylation is 1. The summed E-state index contributed by atoms with van der Waals surface area (Å²) in [5, 5.41) is 2.82. The van der Waals surface area contributed by atoms with Gasteiger partial charge in [-0.15, -0.1) is 0 Å². The van der Waals surface area contributed by atoms with Crippen LogP contribution in [0.4, 0.5) is 5.69 Å². The van der Waals surface area contributed by atoms with Gasteiger partial charge in [0.05, 0.1) is 11.9 Å². The lowest BCUT2D eigenvalue weighted by Gasteiger charge is -2.32. The average molecular weight is 539 g/mol. The molecule has 0 aromatic heterocycles. The Kier molecular flexibility index (Phi) is 9.48. The van der Waals surface area contributed by atoms with E-state index in [2.05, 4.69) is 21.2 Å². The van der Waals surface area contributed by atoms with Gasteiger partial charge in [-0.3, -0.25) is 13.9 Å². The molecule has 1 N–H and O–H groups in total. The van der Waals surface area contributed by atoms with Crippen LogP contribution in [-0.2, 0) is 26.2 Å². The van der Waals surface area contributed by atoms with E-state index in [4.69, 9.17) is 0 Å². The first kappa shape index (κ1) is 26.9. The van der Waals surface area contributed by atoms with Crippen molar-refractivity contribution in [2.45, 2.75) is 46.7 Å². The molecule has 1 atom stereocenters. The van der Waals surface area contributed by atoms with Crippen LogP contribution in [-0.4, -0.2) is 50.5 Å². The lowest BCUT2D eigenvalue weighted by molar-refractivity contribution is -0.139. The number of benzene rings is 2. The third-order valence-corrected chi connectivity index (χ3v) is 7.16. The highest BCUT2D eigenvalue weighted by molar-refractivity contribution is 9.10. The third-order valence-electron chi connectivity index (χ3n) is 5.51. The van der Waals surface area contributed by atoms with E-state index in [0.29, 0.717) is 12.2 Å². The fourth-order valence-electron chi connectivity index (χ4n) is 3.37. The van der Waals surface area contributed by atoms with E-state index in [1.807, 2.05) is 51.1 Å². The first-order chi connectivity index (χ1) is 15.5. The zero-order chi connectivity index (χ0) is 24.8. The summed E-state index contributed by atoms with van der Waals surface area (Å²) in [4.78, 5) is 27.6. The minimum Gasteiger partial charge on any atom is -0.354 e. The van der Waals surface area contributed by atoms with Crippen molar-refractivity contribution >= 4 is 43.5 Å². The van der Waals surface area contributed by atoms with E-state index < -0.39 is 28.5 Å². The summed E-state index contributed by atoms with van der Waals surface area (Å²) in [5.41, 5.74) is 2.99. The molecule has 0 fully saturated rings. The molecular weight excluding hydrogens is 506 g/mol. The molecule has 7 nitrogen and oxygen atoms in total. The summed E-state index contributed by atoms with van der Waals surface area (Å²) in [5.74, 6) is -0.733. The average Bonchev–Trinajstić information content (AvgIpc) is 2.76. The molecule has 2 amide bonds. The van der Waals surface area contributed by atoms with E-state index in [0.717, 1.165) is 38.1 Å². The number of amides is 2. The predicted octanol–water partition coefficient (Wildman–Crippen LogP) is 3.78. The Morgan fingerprint density at radius 2 is 1.73 bits per heavy atom. The second-order valence-electron chi connectivity index (χ2n) is 8.10. The molecule has 0 spiro atoms. The Labute approximate surface area is 205 Å². The summed E-state index contributed by atoms with van der Waals surface area (Å²) in [6, 6.07) is 12.0. The van der Waals surface area contributed by atoms with Crippen LogP contribution in [0, 0.1) is 13.8 Å². The van der Waals surface area contributed by atoms with Gasteiger partial charge in [-0.2, -0.15) is 0 Å². The lowest BCUT2D eigenvalue weighted by Crippen LogP contribution is -2.51. The first-order valence-corrected chi connectivity index (χ1v) is 13.4. The monoisotopic (exact) mass is 537 g/mol. The molecule has 9 heteroatoms. The number of sulfonamides is 1. The van der Waals surface area contributed by atoms with Crippen molar-refractivity contribution in [2.75, 3.05) is 23.7 Å². The molecule has 180 valence electrons. The third kappa shape index (κ3) is 7.30. The lowest BCUT2D eigenvalue weighted by atomic mass is 10.1. The van der Waals surface area contributed by atoms with Crippen molar-refractivity contribution in [3.05, 3.63) is 63.6 Å². The van der Waals surface area contributed by atoms with Crippen molar-refractivity contribution in [3.8, 4) is 0 Å². The maximum Gasteiger partial charge on any atom is 0.244 e. The fourth-order valence-corrected chi connectivity index (χ4v) is 4.53. The van der Waals surface area contributed by atoms with Crippen LogP contribution in [0.5, 0.6) is 0 Å². The number of hydrogen-bond acceptors (Lipinski definition) is 4. The molecular formula is C24H32BrN3O4S. The van der Waals surface area contributed by atoms with Crippen molar-refractivity contribution in [2.24, 2.45) is 0 Å². The molecule has 0 aliphatic carbocycles. The summed E-state index contributed by atoms with van der Waals surface area (Å²) < 4.78 is 27.3. The highest BCUT2D eigenvalue weighted by atomic mass is 79.9. The Morgan fingerprint density at radius 3 is 2.30 bits per heavy atom. The van der Waals surface area contributed by atoms with Gasteiger partial charge in [0.15, 0.2) is 0 Å². The molecule has 33 heavy (non-hydrogen) atoms. The SMILES string of the molecule is CCCNC(=O)[C@H](C)N(Cc1ccc(Br)cc1)C(=O)CN(c1cccc(C)c1C)S(C)(=O)=O. The van der Waals surface area contributed by atoms with Gasteiger partial charge < -0.3 is 10.2 Å². The molecule has 2 aromatic rings. The standard InChI is InChI=1S/C24H32BrN3O4S/c1-6-14-26-24(30)19(4)27(15-20-10-12-21(25)13-11-20)23(29)16-28(33(5,31)32)22-9-7-8-17(2)18(22)3/h7-13,19H,6,14-16H2,1-5H3,(H,26,30)/t19-/m0/s1. The number of anilines is 1. The Hall–Kier alpha value is -2.39. The van der Waals surface area contributed by atoms with Gasteiger partial charge in [-0.05, 0) is 62.1 Å². The molecule has 0 unspecified atom stereocenters. The van der Waals surface area contributed by atoms with Gasteiger partial charge in [0.1, 0.15) is 12.6 Å². The first-order valence-electron chi connectivity index (χ1n) is 10.8. The normalized spacial score (nSPS) is 12.2. The number of halogens is 1. The summed E-state index contributed by atoms with van der Waals surface area (Å²) in [6.07, 6.45) is 1.85. The Bertz CT molecular complexity index is 1090.